The number of rotatable bonds is 5. The minimum atomic E-state index is -0.316. The van der Waals surface area contributed by atoms with E-state index in [0.29, 0.717) is 41.8 Å². The first-order valence-electron chi connectivity index (χ1n) is 7.92. The van der Waals surface area contributed by atoms with Gasteiger partial charge in [-0.05, 0) is 30.3 Å². The Labute approximate surface area is 147 Å². The molecule has 4 aromatic rings. The summed E-state index contributed by atoms with van der Waals surface area (Å²) in [5, 5.41) is 11.7. The van der Waals surface area contributed by atoms with Crippen LogP contribution in [0.1, 0.15) is 6.42 Å². The van der Waals surface area contributed by atoms with Crippen LogP contribution < -0.4 is 5.32 Å². The standard InChI is InChI=1S/C18H13FN6O/c19-13-4-2-12(3-5-13)15-16(25-10-11-26-18(25)24-15)14-6-9-22-17(23-14)21-8-1-7-20/h2-6,9-11H,1,8H2,(H,21,22,23). The lowest BCUT2D eigenvalue weighted by Gasteiger charge is -2.06. The van der Waals surface area contributed by atoms with Crippen LogP contribution in [0.4, 0.5) is 10.3 Å². The Kier molecular flexibility index (Phi) is 4.03. The highest BCUT2D eigenvalue weighted by Crippen LogP contribution is 2.32. The zero-order valence-corrected chi connectivity index (χ0v) is 13.6. The van der Waals surface area contributed by atoms with Crippen molar-refractivity contribution in [3.63, 3.8) is 0 Å². The zero-order chi connectivity index (χ0) is 17.9. The summed E-state index contributed by atoms with van der Waals surface area (Å²) in [6.45, 7) is 0.457. The SMILES string of the molecule is N#CCCNc1nccc(-c2c(-c3ccc(F)cc3)nc3occn23)n1. The van der Waals surface area contributed by atoms with Crippen molar-refractivity contribution in [3.05, 3.63) is 54.8 Å². The molecule has 128 valence electrons. The number of imidazole rings is 1. The van der Waals surface area contributed by atoms with Gasteiger partial charge in [-0.2, -0.15) is 10.2 Å². The van der Waals surface area contributed by atoms with Crippen molar-refractivity contribution in [2.24, 2.45) is 0 Å². The van der Waals surface area contributed by atoms with Crippen LogP contribution in [0.25, 0.3) is 28.5 Å². The van der Waals surface area contributed by atoms with Crippen molar-refractivity contribution in [2.75, 3.05) is 11.9 Å². The van der Waals surface area contributed by atoms with Crippen molar-refractivity contribution in [2.45, 2.75) is 6.42 Å². The molecule has 1 aromatic carbocycles. The first kappa shape index (κ1) is 15.8. The summed E-state index contributed by atoms with van der Waals surface area (Å²) in [6, 6.07) is 9.91. The number of hydrogen-bond donors (Lipinski definition) is 1. The Morgan fingerprint density at radius 2 is 2.04 bits per heavy atom. The van der Waals surface area contributed by atoms with Crippen LogP contribution in [-0.2, 0) is 0 Å². The van der Waals surface area contributed by atoms with E-state index < -0.39 is 0 Å². The molecule has 0 radical (unpaired) electrons. The van der Waals surface area contributed by atoms with Gasteiger partial charge in [0.1, 0.15) is 23.5 Å². The Bertz CT molecular complexity index is 1090. The van der Waals surface area contributed by atoms with Gasteiger partial charge in [-0.3, -0.25) is 4.40 Å². The fraction of sp³-hybridized carbons (Fsp3) is 0.111. The third-order valence-electron chi connectivity index (χ3n) is 3.80. The summed E-state index contributed by atoms with van der Waals surface area (Å²) < 4.78 is 20.5. The van der Waals surface area contributed by atoms with Crippen LogP contribution >= 0.6 is 0 Å². The van der Waals surface area contributed by atoms with E-state index in [1.807, 2.05) is 0 Å². The van der Waals surface area contributed by atoms with Gasteiger partial charge in [0.15, 0.2) is 0 Å². The highest BCUT2D eigenvalue weighted by molar-refractivity contribution is 5.79. The lowest BCUT2D eigenvalue weighted by atomic mass is 10.1. The van der Waals surface area contributed by atoms with Crippen LogP contribution in [0.3, 0.4) is 0 Å². The largest absolute Gasteiger partial charge is 0.432 e. The number of nitrogens with one attached hydrogen (secondary N) is 1. The van der Waals surface area contributed by atoms with Crippen LogP contribution in [0.5, 0.6) is 0 Å². The van der Waals surface area contributed by atoms with Crippen LogP contribution in [0, 0.1) is 17.1 Å². The number of benzene rings is 1. The second-order valence-electron chi connectivity index (χ2n) is 5.47. The van der Waals surface area contributed by atoms with Gasteiger partial charge in [0.05, 0.1) is 18.2 Å². The van der Waals surface area contributed by atoms with Gasteiger partial charge in [-0.25, -0.2) is 14.4 Å². The summed E-state index contributed by atoms with van der Waals surface area (Å²) in [7, 11) is 0. The highest BCUT2D eigenvalue weighted by Gasteiger charge is 2.19. The average molecular weight is 348 g/mol. The number of nitrogens with zero attached hydrogens (tertiary/aromatic N) is 5. The summed E-state index contributed by atoms with van der Waals surface area (Å²) in [4.78, 5) is 13.2. The number of hydrogen-bond acceptors (Lipinski definition) is 6. The molecule has 0 saturated carbocycles. The molecule has 0 amide bonds. The molecular formula is C18H13FN6O. The Morgan fingerprint density at radius 3 is 2.85 bits per heavy atom. The highest BCUT2D eigenvalue weighted by atomic mass is 19.1. The first-order valence-corrected chi connectivity index (χ1v) is 7.92. The van der Waals surface area contributed by atoms with E-state index in [0.717, 1.165) is 5.56 Å². The van der Waals surface area contributed by atoms with Crippen molar-refractivity contribution >= 4 is 11.8 Å². The molecule has 0 fully saturated rings. The Hall–Kier alpha value is -3.73. The molecule has 1 N–H and O–H groups in total. The average Bonchev–Trinajstić information content (AvgIpc) is 3.24. The van der Waals surface area contributed by atoms with E-state index in [2.05, 4.69) is 26.3 Å². The third kappa shape index (κ3) is 2.86. The maximum atomic E-state index is 13.3. The molecule has 0 bridgehead atoms. The summed E-state index contributed by atoms with van der Waals surface area (Å²) >= 11 is 0. The molecule has 7 nitrogen and oxygen atoms in total. The molecule has 0 saturated heterocycles. The maximum absolute atomic E-state index is 13.3. The topological polar surface area (TPSA) is 92.0 Å². The monoisotopic (exact) mass is 348 g/mol. The zero-order valence-electron chi connectivity index (χ0n) is 13.6. The number of fused-ring (bicyclic) bond motifs is 1. The van der Waals surface area contributed by atoms with E-state index in [1.54, 1.807) is 35.0 Å². The number of anilines is 1. The van der Waals surface area contributed by atoms with E-state index in [4.69, 9.17) is 9.68 Å². The van der Waals surface area contributed by atoms with Gasteiger partial charge in [0.25, 0.3) is 0 Å². The number of oxazole rings is 1. The molecule has 0 spiro atoms. The summed E-state index contributed by atoms with van der Waals surface area (Å²) in [5.74, 6) is 0.516. The van der Waals surface area contributed by atoms with Crippen molar-refractivity contribution in [3.8, 4) is 28.7 Å². The first-order chi connectivity index (χ1) is 12.8. The van der Waals surface area contributed by atoms with E-state index in [9.17, 15) is 4.39 Å². The molecule has 0 unspecified atom stereocenters. The van der Waals surface area contributed by atoms with E-state index >= 15 is 0 Å². The third-order valence-corrected chi connectivity index (χ3v) is 3.80. The predicted molar refractivity (Wildman–Crippen MR) is 92.6 cm³/mol. The quantitative estimate of drug-likeness (QED) is 0.555. The minimum absolute atomic E-state index is 0.316. The molecule has 26 heavy (non-hydrogen) atoms. The van der Waals surface area contributed by atoms with Crippen LogP contribution in [0.2, 0.25) is 0 Å². The molecule has 3 heterocycles. The smallest absolute Gasteiger partial charge is 0.306 e. The molecule has 0 aliphatic rings. The fourth-order valence-corrected chi connectivity index (χ4v) is 2.65. The molecule has 0 aliphatic heterocycles. The molecule has 0 aliphatic carbocycles. The lowest BCUT2D eigenvalue weighted by Crippen LogP contribution is -2.05. The maximum Gasteiger partial charge on any atom is 0.306 e. The molecule has 4 rings (SSSR count). The van der Waals surface area contributed by atoms with E-state index in [1.165, 1.54) is 18.4 Å². The number of nitriles is 1. The summed E-state index contributed by atoms with van der Waals surface area (Å²) in [6.07, 6.45) is 5.27. The second kappa shape index (κ2) is 6.64. The molecule has 3 aromatic heterocycles. The second-order valence-corrected chi connectivity index (χ2v) is 5.47. The van der Waals surface area contributed by atoms with Gasteiger partial charge < -0.3 is 9.73 Å². The van der Waals surface area contributed by atoms with E-state index in [-0.39, 0.29) is 5.82 Å². The van der Waals surface area contributed by atoms with Gasteiger partial charge in [-0.15, -0.1) is 0 Å². The fourth-order valence-electron chi connectivity index (χ4n) is 2.65. The van der Waals surface area contributed by atoms with Gasteiger partial charge >= 0.3 is 5.84 Å². The van der Waals surface area contributed by atoms with Crippen molar-refractivity contribution < 1.29 is 8.81 Å². The molecular weight excluding hydrogens is 335 g/mol. The molecule has 0 atom stereocenters. The predicted octanol–water partition coefficient (Wildman–Crippen LogP) is 3.52. The number of aromatic nitrogens is 4. The van der Waals surface area contributed by atoms with Crippen molar-refractivity contribution in [1.29, 1.82) is 5.26 Å². The van der Waals surface area contributed by atoms with Gasteiger partial charge in [-0.1, -0.05) is 0 Å². The van der Waals surface area contributed by atoms with Crippen LogP contribution in [-0.4, -0.2) is 25.9 Å². The summed E-state index contributed by atoms with van der Waals surface area (Å²) in [5.41, 5.74) is 2.72. The Balaban J connectivity index is 1.82. The van der Waals surface area contributed by atoms with Crippen LogP contribution in [0.15, 0.2) is 53.4 Å². The van der Waals surface area contributed by atoms with Crippen molar-refractivity contribution in [1.82, 2.24) is 19.4 Å². The Morgan fingerprint density at radius 1 is 1.19 bits per heavy atom. The minimum Gasteiger partial charge on any atom is -0.432 e. The molecule has 8 heteroatoms. The van der Waals surface area contributed by atoms with Gasteiger partial charge in [0, 0.05) is 24.5 Å². The lowest BCUT2D eigenvalue weighted by molar-refractivity contribution is 0.596. The normalized spacial score (nSPS) is 10.8. The number of halogens is 1. The van der Waals surface area contributed by atoms with Gasteiger partial charge in [0.2, 0.25) is 5.95 Å².